The van der Waals surface area contributed by atoms with Gasteiger partial charge in [0, 0.05) is 12.1 Å². The van der Waals surface area contributed by atoms with E-state index in [1.165, 1.54) is 0 Å². The highest BCUT2D eigenvalue weighted by Crippen LogP contribution is 2.39. The third kappa shape index (κ3) is 1.74. The first-order valence-electron chi connectivity index (χ1n) is 5.75. The van der Waals surface area contributed by atoms with Crippen LogP contribution in [0.4, 0.5) is 0 Å². The van der Waals surface area contributed by atoms with Gasteiger partial charge in [-0.15, -0.1) is 5.10 Å². The van der Waals surface area contributed by atoms with Gasteiger partial charge >= 0.3 is 0 Å². The van der Waals surface area contributed by atoms with Crippen molar-refractivity contribution in [3.63, 3.8) is 0 Å². The lowest BCUT2D eigenvalue weighted by molar-refractivity contribution is -0.119. The molecule has 3 N–H and O–H groups in total. The van der Waals surface area contributed by atoms with E-state index in [0.717, 1.165) is 12.1 Å². The van der Waals surface area contributed by atoms with E-state index in [2.05, 4.69) is 10.2 Å². The molecular formula is C12H14N4O2. The van der Waals surface area contributed by atoms with Crippen LogP contribution in [-0.4, -0.2) is 16.0 Å². The topological polar surface area (TPSA) is 105 Å². The van der Waals surface area contributed by atoms with Crippen LogP contribution in [0.5, 0.6) is 5.88 Å². The van der Waals surface area contributed by atoms with Gasteiger partial charge in [-0.25, -0.2) is 0 Å². The second kappa shape index (κ2) is 4.53. The number of H-pyrrole nitrogens is 1. The zero-order valence-electron chi connectivity index (χ0n) is 10.3. The highest BCUT2D eigenvalue weighted by Gasteiger charge is 2.37. The van der Waals surface area contributed by atoms with Crippen LogP contribution in [0.25, 0.3) is 0 Å². The first kappa shape index (κ1) is 12.2. The zero-order valence-corrected chi connectivity index (χ0v) is 10.3. The molecule has 1 unspecified atom stereocenters. The van der Waals surface area contributed by atoms with Gasteiger partial charge in [0.2, 0.25) is 11.8 Å². The van der Waals surface area contributed by atoms with E-state index in [4.69, 9.17) is 15.7 Å². The second-order valence-corrected chi connectivity index (χ2v) is 4.21. The van der Waals surface area contributed by atoms with Crippen molar-refractivity contribution in [2.45, 2.75) is 32.6 Å². The average molecular weight is 246 g/mol. The van der Waals surface area contributed by atoms with Gasteiger partial charge < -0.3 is 10.5 Å². The van der Waals surface area contributed by atoms with E-state index in [9.17, 15) is 4.79 Å². The molecular weight excluding hydrogens is 232 g/mol. The van der Waals surface area contributed by atoms with Gasteiger partial charge in [0.15, 0.2) is 0 Å². The highest BCUT2D eigenvalue weighted by molar-refractivity contribution is 5.91. The minimum absolute atomic E-state index is 0.0361. The summed E-state index contributed by atoms with van der Waals surface area (Å²) in [6, 6.07) is 1.97. The predicted molar refractivity (Wildman–Crippen MR) is 63.4 cm³/mol. The number of carbonyl (C=O) groups excluding carboxylic acids is 1. The Hall–Kier alpha value is -2.29. The molecule has 94 valence electrons. The summed E-state index contributed by atoms with van der Waals surface area (Å²) in [6.07, 6.45) is 1.12. The molecule has 2 rings (SSSR count). The summed E-state index contributed by atoms with van der Waals surface area (Å²) in [5.41, 5.74) is 7.18. The Labute approximate surface area is 104 Å². The van der Waals surface area contributed by atoms with E-state index >= 15 is 0 Å². The molecule has 0 bridgehead atoms. The van der Waals surface area contributed by atoms with Crippen molar-refractivity contribution in [2.75, 3.05) is 0 Å². The number of hydrogen-bond acceptors (Lipinski definition) is 5. The van der Waals surface area contributed by atoms with Gasteiger partial charge in [-0.05, 0) is 13.3 Å². The summed E-state index contributed by atoms with van der Waals surface area (Å²) in [4.78, 5) is 12.2. The number of allylic oxidation sites excluding steroid dienone is 1. The van der Waals surface area contributed by atoms with E-state index in [-0.39, 0.29) is 17.2 Å². The fraction of sp³-hybridized carbons (Fsp3) is 0.417. The third-order valence-corrected chi connectivity index (χ3v) is 2.95. The number of nitrogens with two attached hydrogens (primary N) is 1. The molecule has 18 heavy (non-hydrogen) atoms. The summed E-state index contributed by atoms with van der Waals surface area (Å²) >= 11 is 0. The summed E-state index contributed by atoms with van der Waals surface area (Å²) in [6.45, 7) is 3.71. The van der Waals surface area contributed by atoms with Crippen LogP contribution in [0.3, 0.4) is 0 Å². The lowest BCUT2D eigenvalue weighted by Crippen LogP contribution is -2.25. The fourth-order valence-electron chi connectivity index (χ4n) is 2.11. The number of ketones is 1. The van der Waals surface area contributed by atoms with Crippen molar-refractivity contribution >= 4 is 5.78 Å². The molecule has 1 aliphatic heterocycles. The second-order valence-electron chi connectivity index (χ2n) is 4.21. The molecule has 1 aliphatic rings. The van der Waals surface area contributed by atoms with Crippen LogP contribution in [0, 0.1) is 18.3 Å². The number of nitriles is 1. The average Bonchev–Trinajstić information content (AvgIpc) is 2.69. The van der Waals surface area contributed by atoms with Crippen LogP contribution < -0.4 is 10.5 Å². The van der Waals surface area contributed by atoms with Gasteiger partial charge in [0.05, 0.1) is 11.5 Å². The number of nitrogens with zero attached hydrogens (tertiary/aromatic N) is 2. The Morgan fingerprint density at radius 1 is 1.67 bits per heavy atom. The molecule has 0 saturated carbocycles. The van der Waals surface area contributed by atoms with Crippen molar-refractivity contribution in [3.8, 4) is 11.9 Å². The molecule has 0 amide bonds. The van der Waals surface area contributed by atoms with Crippen molar-refractivity contribution in [3.05, 3.63) is 22.7 Å². The SMILES string of the molecule is CCCC(=O)C1C(C#N)=C(N)Oc2n[nH]c(C)c21. The number of ether oxygens (including phenoxy) is 1. The maximum absolute atomic E-state index is 12.2. The molecule has 0 saturated heterocycles. The van der Waals surface area contributed by atoms with E-state index in [1.54, 1.807) is 6.92 Å². The smallest absolute Gasteiger partial charge is 0.244 e. The van der Waals surface area contributed by atoms with E-state index in [1.807, 2.05) is 13.0 Å². The normalized spacial score (nSPS) is 17.9. The number of carbonyl (C=O) groups is 1. The minimum Gasteiger partial charge on any atom is -0.420 e. The molecule has 1 atom stereocenters. The van der Waals surface area contributed by atoms with Gasteiger partial charge in [0.25, 0.3) is 0 Å². The van der Waals surface area contributed by atoms with Crippen LogP contribution in [-0.2, 0) is 4.79 Å². The molecule has 2 heterocycles. The number of fused-ring (bicyclic) bond motifs is 1. The van der Waals surface area contributed by atoms with Crippen molar-refractivity contribution in [1.82, 2.24) is 10.2 Å². The quantitative estimate of drug-likeness (QED) is 0.835. The van der Waals surface area contributed by atoms with Crippen LogP contribution >= 0.6 is 0 Å². The molecule has 0 fully saturated rings. The Balaban J connectivity index is 2.54. The summed E-state index contributed by atoms with van der Waals surface area (Å²) < 4.78 is 5.25. The number of aromatic nitrogens is 2. The predicted octanol–water partition coefficient (Wildman–Crippen LogP) is 1.26. The van der Waals surface area contributed by atoms with Crippen LogP contribution in [0.1, 0.15) is 36.9 Å². The summed E-state index contributed by atoms with van der Waals surface area (Å²) in [5, 5.41) is 15.8. The van der Waals surface area contributed by atoms with Crippen molar-refractivity contribution in [1.29, 1.82) is 5.26 Å². The lowest BCUT2D eigenvalue weighted by atomic mass is 9.85. The minimum atomic E-state index is -0.655. The molecule has 0 radical (unpaired) electrons. The highest BCUT2D eigenvalue weighted by atomic mass is 16.5. The molecule has 6 heteroatoms. The van der Waals surface area contributed by atoms with Crippen molar-refractivity contribution in [2.24, 2.45) is 5.73 Å². The molecule has 0 spiro atoms. The van der Waals surface area contributed by atoms with Crippen LogP contribution in [0.15, 0.2) is 11.5 Å². The van der Waals surface area contributed by atoms with Crippen molar-refractivity contribution < 1.29 is 9.53 Å². The molecule has 6 nitrogen and oxygen atoms in total. The molecule has 1 aromatic heterocycles. The van der Waals surface area contributed by atoms with Gasteiger partial charge in [-0.3, -0.25) is 9.89 Å². The lowest BCUT2D eigenvalue weighted by Gasteiger charge is -2.21. The van der Waals surface area contributed by atoms with E-state index in [0.29, 0.717) is 17.9 Å². The van der Waals surface area contributed by atoms with Gasteiger partial charge in [-0.2, -0.15) is 5.26 Å². The third-order valence-electron chi connectivity index (χ3n) is 2.95. The monoisotopic (exact) mass is 246 g/mol. The maximum atomic E-state index is 12.2. The Kier molecular flexibility index (Phi) is 3.06. The number of Topliss-reactive ketones (excluding diaryl/α,β-unsaturated/α-hetero) is 1. The standard InChI is InChI=1S/C12H14N4O2/c1-3-4-8(17)10-7(5-13)11(14)18-12-9(10)6(2)15-16-12/h10H,3-4,14H2,1-2H3,(H,15,16). The summed E-state index contributed by atoms with van der Waals surface area (Å²) in [5.74, 6) is -0.437. The fourth-order valence-corrected chi connectivity index (χ4v) is 2.11. The Bertz CT molecular complexity index is 565. The number of aromatic amines is 1. The number of hydrogen-bond donors (Lipinski definition) is 2. The summed E-state index contributed by atoms with van der Waals surface area (Å²) in [7, 11) is 0. The Morgan fingerprint density at radius 2 is 2.39 bits per heavy atom. The number of nitrogens with one attached hydrogen (secondary N) is 1. The van der Waals surface area contributed by atoms with Gasteiger partial charge in [0.1, 0.15) is 17.4 Å². The number of aryl methyl sites for hydroxylation is 1. The molecule has 0 aromatic carbocycles. The maximum Gasteiger partial charge on any atom is 0.244 e. The number of rotatable bonds is 3. The van der Waals surface area contributed by atoms with Gasteiger partial charge in [-0.1, -0.05) is 6.92 Å². The zero-order chi connectivity index (χ0) is 13.3. The van der Waals surface area contributed by atoms with E-state index < -0.39 is 5.92 Å². The molecule has 1 aromatic rings. The Morgan fingerprint density at radius 3 is 3.00 bits per heavy atom. The van der Waals surface area contributed by atoms with Crippen LogP contribution in [0.2, 0.25) is 0 Å². The first-order chi connectivity index (χ1) is 8.60. The largest absolute Gasteiger partial charge is 0.420 e. The molecule has 0 aliphatic carbocycles. The first-order valence-corrected chi connectivity index (χ1v) is 5.75.